The first-order chi connectivity index (χ1) is 18.5. The Morgan fingerprint density at radius 3 is 2.31 bits per heavy atom. The Kier molecular flexibility index (Phi) is 8.15. The number of hydrogen-bond acceptors (Lipinski definition) is 7. The van der Waals surface area contributed by atoms with E-state index in [-0.39, 0.29) is 44.0 Å². The molecule has 0 atom stereocenters. The molecule has 1 heterocycles. The lowest BCUT2D eigenvalue weighted by atomic mass is 10.1. The van der Waals surface area contributed by atoms with Gasteiger partial charge in [0, 0.05) is 22.3 Å². The second kappa shape index (κ2) is 11.4. The molecular formula is C27H20Cl3N3O6. The van der Waals surface area contributed by atoms with Crippen LogP contribution in [0.5, 0.6) is 5.75 Å². The highest BCUT2D eigenvalue weighted by atomic mass is 35.5. The highest BCUT2D eigenvalue weighted by molar-refractivity contribution is 6.53. The zero-order valence-electron chi connectivity index (χ0n) is 20.7. The van der Waals surface area contributed by atoms with E-state index in [1.165, 1.54) is 38.5 Å². The number of imide groups is 1. The Morgan fingerprint density at radius 1 is 0.897 bits per heavy atom. The minimum absolute atomic E-state index is 0.0862. The summed E-state index contributed by atoms with van der Waals surface area (Å²) < 4.78 is 9.95. The zero-order valence-corrected chi connectivity index (χ0v) is 23.0. The number of rotatable bonds is 7. The smallest absolute Gasteiger partial charge is 0.341 e. The Hall–Kier alpha value is -4.05. The summed E-state index contributed by atoms with van der Waals surface area (Å²) >= 11 is 18.5. The molecular weight excluding hydrogens is 569 g/mol. The molecule has 1 aliphatic heterocycles. The van der Waals surface area contributed by atoms with Crippen LogP contribution in [0.3, 0.4) is 0 Å². The van der Waals surface area contributed by atoms with Gasteiger partial charge in [0.2, 0.25) is 0 Å². The van der Waals surface area contributed by atoms with E-state index in [9.17, 15) is 19.2 Å². The molecule has 0 fully saturated rings. The predicted molar refractivity (Wildman–Crippen MR) is 149 cm³/mol. The molecule has 0 aromatic heterocycles. The molecule has 0 saturated heterocycles. The molecule has 0 aliphatic carbocycles. The van der Waals surface area contributed by atoms with Gasteiger partial charge in [0.1, 0.15) is 22.0 Å². The number of nitrogens with zero attached hydrogens (tertiary/aromatic N) is 1. The highest BCUT2D eigenvalue weighted by Gasteiger charge is 2.39. The monoisotopic (exact) mass is 587 g/mol. The number of ether oxygens (including phenoxy) is 2. The number of methoxy groups -OCH3 is 2. The number of benzene rings is 3. The lowest BCUT2D eigenvalue weighted by molar-refractivity contribution is -0.120. The third kappa shape index (κ3) is 5.56. The van der Waals surface area contributed by atoms with Gasteiger partial charge in [-0.05, 0) is 48.9 Å². The van der Waals surface area contributed by atoms with Crippen molar-refractivity contribution < 1.29 is 28.7 Å². The van der Waals surface area contributed by atoms with E-state index in [2.05, 4.69) is 10.6 Å². The van der Waals surface area contributed by atoms with Crippen molar-refractivity contribution in [2.45, 2.75) is 6.92 Å². The average Bonchev–Trinajstić information content (AvgIpc) is 3.12. The minimum atomic E-state index is -0.711. The van der Waals surface area contributed by atoms with Gasteiger partial charge in [-0.2, -0.15) is 0 Å². The van der Waals surface area contributed by atoms with E-state index in [4.69, 9.17) is 44.3 Å². The molecule has 3 aromatic carbocycles. The van der Waals surface area contributed by atoms with Crippen molar-refractivity contribution >= 4 is 75.6 Å². The van der Waals surface area contributed by atoms with E-state index in [1.807, 2.05) is 0 Å². The van der Waals surface area contributed by atoms with E-state index in [0.29, 0.717) is 16.3 Å². The summed E-state index contributed by atoms with van der Waals surface area (Å²) in [7, 11) is 2.59. The van der Waals surface area contributed by atoms with Gasteiger partial charge in [-0.3, -0.25) is 14.4 Å². The van der Waals surface area contributed by atoms with Crippen LogP contribution in [0.1, 0.15) is 26.3 Å². The fraction of sp³-hybridized carbons (Fsp3) is 0.111. The molecule has 3 aromatic rings. The van der Waals surface area contributed by atoms with Crippen molar-refractivity contribution in [3.63, 3.8) is 0 Å². The van der Waals surface area contributed by atoms with Gasteiger partial charge in [0.15, 0.2) is 0 Å². The standard InChI is InChI=1S/C27H20Cl3N3O6/c1-13-7-8-14(24(34)32-20-12-21(38-2)17(11-18(20)29)27(37)39-3)9-19(13)31-23-22(30)25(35)33(26(23)36)16-6-4-5-15(28)10-16/h4-12,31H,1-3H3,(H,32,34). The van der Waals surface area contributed by atoms with E-state index >= 15 is 0 Å². The van der Waals surface area contributed by atoms with Crippen LogP contribution in [-0.2, 0) is 14.3 Å². The SMILES string of the molecule is COC(=O)c1cc(Cl)c(NC(=O)c2ccc(C)c(NC3=C(Cl)C(=O)N(c4cccc(Cl)c4)C3=O)c2)cc1OC. The molecule has 200 valence electrons. The molecule has 0 unspecified atom stereocenters. The Bertz CT molecular complexity index is 1570. The maximum Gasteiger partial charge on any atom is 0.341 e. The van der Waals surface area contributed by atoms with Gasteiger partial charge < -0.3 is 20.1 Å². The summed E-state index contributed by atoms with van der Waals surface area (Å²) in [6.45, 7) is 1.75. The summed E-state index contributed by atoms with van der Waals surface area (Å²) in [6, 6.07) is 13.7. The molecule has 0 radical (unpaired) electrons. The maximum absolute atomic E-state index is 13.1. The summed E-state index contributed by atoms with van der Waals surface area (Å²) in [5, 5.41) is 5.69. The van der Waals surface area contributed by atoms with Crippen molar-refractivity contribution in [3.05, 3.63) is 92.1 Å². The molecule has 1 aliphatic rings. The van der Waals surface area contributed by atoms with Crippen LogP contribution in [-0.4, -0.2) is 37.9 Å². The van der Waals surface area contributed by atoms with Crippen LogP contribution in [0.15, 0.2) is 65.3 Å². The minimum Gasteiger partial charge on any atom is -0.496 e. The van der Waals surface area contributed by atoms with Gasteiger partial charge >= 0.3 is 5.97 Å². The zero-order chi connectivity index (χ0) is 28.4. The fourth-order valence-electron chi connectivity index (χ4n) is 3.78. The van der Waals surface area contributed by atoms with Crippen LogP contribution in [0, 0.1) is 6.92 Å². The lowest BCUT2D eigenvalue weighted by Crippen LogP contribution is -2.32. The normalized spacial score (nSPS) is 13.0. The molecule has 4 rings (SSSR count). The number of carbonyl (C=O) groups is 4. The van der Waals surface area contributed by atoms with Crippen LogP contribution in [0.25, 0.3) is 0 Å². The molecule has 0 bridgehead atoms. The summed E-state index contributed by atoms with van der Waals surface area (Å²) in [5.41, 5.74) is 1.66. The van der Waals surface area contributed by atoms with Gasteiger partial charge in [-0.25, -0.2) is 9.69 Å². The maximum atomic E-state index is 13.1. The quantitative estimate of drug-likeness (QED) is 0.265. The molecule has 12 heteroatoms. The lowest BCUT2D eigenvalue weighted by Gasteiger charge is -2.16. The number of esters is 1. The van der Waals surface area contributed by atoms with Crippen molar-refractivity contribution in [1.29, 1.82) is 0 Å². The van der Waals surface area contributed by atoms with Gasteiger partial charge in [-0.15, -0.1) is 0 Å². The van der Waals surface area contributed by atoms with E-state index in [1.54, 1.807) is 37.3 Å². The number of nitrogens with one attached hydrogen (secondary N) is 2. The van der Waals surface area contributed by atoms with Gasteiger partial charge in [0.25, 0.3) is 17.7 Å². The van der Waals surface area contributed by atoms with Crippen LogP contribution >= 0.6 is 34.8 Å². The Morgan fingerprint density at radius 2 is 1.64 bits per heavy atom. The summed E-state index contributed by atoms with van der Waals surface area (Å²) in [6.07, 6.45) is 0. The first-order valence-electron chi connectivity index (χ1n) is 11.2. The predicted octanol–water partition coefficient (Wildman–Crippen LogP) is 5.79. The highest BCUT2D eigenvalue weighted by Crippen LogP contribution is 2.34. The third-order valence-corrected chi connectivity index (χ3v) is 6.69. The molecule has 3 amide bonds. The van der Waals surface area contributed by atoms with Gasteiger partial charge in [0.05, 0.1) is 30.6 Å². The second-order valence-corrected chi connectivity index (χ2v) is 9.47. The van der Waals surface area contributed by atoms with Crippen molar-refractivity contribution in [2.24, 2.45) is 0 Å². The molecule has 2 N–H and O–H groups in total. The Balaban J connectivity index is 1.59. The van der Waals surface area contributed by atoms with Crippen molar-refractivity contribution in [1.82, 2.24) is 0 Å². The third-order valence-electron chi connectivity index (χ3n) is 5.80. The van der Waals surface area contributed by atoms with Gasteiger partial charge in [-0.1, -0.05) is 46.9 Å². The topological polar surface area (TPSA) is 114 Å². The fourth-order valence-corrected chi connectivity index (χ4v) is 4.38. The largest absolute Gasteiger partial charge is 0.496 e. The number of hydrogen-bond donors (Lipinski definition) is 2. The second-order valence-electron chi connectivity index (χ2n) is 8.25. The van der Waals surface area contributed by atoms with Crippen LogP contribution in [0.2, 0.25) is 10.0 Å². The Labute approximate surface area is 238 Å². The van der Waals surface area contributed by atoms with Crippen molar-refractivity contribution in [2.75, 3.05) is 29.8 Å². The van der Waals surface area contributed by atoms with Crippen LogP contribution < -0.4 is 20.3 Å². The van der Waals surface area contributed by atoms with E-state index in [0.717, 1.165) is 4.90 Å². The number of carbonyl (C=O) groups excluding carboxylic acids is 4. The molecule has 0 spiro atoms. The van der Waals surface area contributed by atoms with Crippen molar-refractivity contribution in [3.8, 4) is 5.75 Å². The average molecular weight is 589 g/mol. The van der Waals surface area contributed by atoms with Crippen LogP contribution in [0.4, 0.5) is 17.1 Å². The number of halogens is 3. The number of amides is 3. The molecule has 0 saturated carbocycles. The first kappa shape index (κ1) is 28.0. The van der Waals surface area contributed by atoms with E-state index < -0.39 is 23.7 Å². The summed E-state index contributed by atoms with van der Waals surface area (Å²) in [4.78, 5) is 51.9. The number of aryl methyl sites for hydroxylation is 1. The molecule has 39 heavy (non-hydrogen) atoms. The first-order valence-corrected chi connectivity index (χ1v) is 12.4. The summed E-state index contributed by atoms with van der Waals surface area (Å²) in [5.74, 6) is -2.42. The number of anilines is 3. The molecule has 9 nitrogen and oxygen atoms in total.